The number of hydrogen-bond donors (Lipinski definition) is 0. The molecule has 1 aliphatic heterocycles. The largest absolute Gasteiger partial charge is 0.484 e. The molecule has 1 amide bonds. The predicted octanol–water partition coefficient (Wildman–Crippen LogP) is 3.93. The fourth-order valence-electron chi connectivity index (χ4n) is 4.15. The molecule has 6 heteroatoms. The zero-order valence-electron chi connectivity index (χ0n) is 15.7. The molecular formula is C21H27N3O3. The third-order valence-electron chi connectivity index (χ3n) is 5.64. The molecule has 1 atom stereocenters. The summed E-state index contributed by atoms with van der Waals surface area (Å²) in [6.07, 6.45) is 7.71. The van der Waals surface area contributed by atoms with Gasteiger partial charge in [-0.05, 0) is 37.8 Å². The van der Waals surface area contributed by atoms with E-state index in [1.807, 2.05) is 35.2 Å². The summed E-state index contributed by atoms with van der Waals surface area (Å²) in [7, 11) is 0. The lowest BCUT2D eigenvalue weighted by Crippen LogP contribution is -2.43. The number of nitrogens with zero attached hydrogens (tertiary/aromatic N) is 3. The Morgan fingerprint density at radius 1 is 1.11 bits per heavy atom. The number of carbonyl (C=O) groups excluding carboxylic acids is 1. The van der Waals surface area contributed by atoms with Gasteiger partial charge in [0.05, 0.1) is 0 Å². The average molecular weight is 369 g/mol. The molecule has 1 unspecified atom stereocenters. The van der Waals surface area contributed by atoms with Crippen LogP contribution >= 0.6 is 0 Å². The molecule has 6 nitrogen and oxygen atoms in total. The summed E-state index contributed by atoms with van der Waals surface area (Å²) in [5.74, 6) is 2.65. The normalized spacial score (nSPS) is 21.2. The van der Waals surface area contributed by atoms with Crippen molar-refractivity contribution in [2.45, 2.75) is 57.5 Å². The Balaban J connectivity index is 1.34. The predicted molar refractivity (Wildman–Crippen MR) is 100 cm³/mol. The third-order valence-corrected chi connectivity index (χ3v) is 5.64. The van der Waals surface area contributed by atoms with Crippen LogP contribution in [-0.4, -0.2) is 34.0 Å². The number of ether oxygens (including phenoxy) is 1. The number of carbonyl (C=O) groups is 1. The molecule has 1 aliphatic carbocycles. The van der Waals surface area contributed by atoms with Crippen LogP contribution in [0.2, 0.25) is 0 Å². The van der Waals surface area contributed by atoms with Crippen molar-refractivity contribution in [1.82, 2.24) is 15.0 Å². The number of para-hydroxylation sites is 1. The van der Waals surface area contributed by atoms with E-state index in [0.717, 1.165) is 38.0 Å². The molecule has 0 spiro atoms. The first kappa shape index (κ1) is 18.0. The maximum atomic E-state index is 12.8. The lowest BCUT2D eigenvalue weighted by Gasteiger charge is -2.34. The second-order valence-corrected chi connectivity index (χ2v) is 7.61. The Morgan fingerprint density at radius 2 is 1.93 bits per heavy atom. The molecule has 0 radical (unpaired) electrons. The van der Waals surface area contributed by atoms with Crippen LogP contribution < -0.4 is 4.74 Å². The monoisotopic (exact) mass is 369 g/mol. The van der Waals surface area contributed by atoms with E-state index in [2.05, 4.69) is 10.1 Å². The lowest BCUT2D eigenvalue weighted by atomic mass is 9.87. The molecule has 2 heterocycles. The van der Waals surface area contributed by atoms with E-state index in [-0.39, 0.29) is 18.4 Å². The molecule has 1 saturated heterocycles. The zero-order chi connectivity index (χ0) is 18.5. The first-order valence-electron chi connectivity index (χ1n) is 10.1. The van der Waals surface area contributed by atoms with Gasteiger partial charge in [0.2, 0.25) is 5.91 Å². The maximum Gasteiger partial charge on any atom is 0.264 e. The van der Waals surface area contributed by atoms with Gasteiger partial charge < -0.3 is 14.2 Å². The van der Waals surface area contributed by atoms with Gasteiger partial charge in [0.1, 0.15) is 5.75 Å². The topological polar surface area (TPSA) is 68.5 Å². The van der Waals surface area contributed by atoms with Crippen LogP contribution in [-0.2, 0) is 11.4 Å². The molecule has 0 bridgehead atoms. The Bertz CT molecular complexity index is 740. The van der Waals surface area contributed by atoms with Crippen molar-refractivity contribution in [2.24, 2.45) is 5.92 Å². The Hall–Kier alpha value is -2.37. The molecule has 1 aromatic heterocycles. The molecule has 144 valence electrons. The van der Waals surface area contributed by atoms with Crippen LogP contribution in [0.4, 0.5) is 0 Å². The number of amides is 1. The van der Waals surface area contributed by atoms with Crippen LogP contribution in [0.15, 0.2) is 34.9 Å². The summed E-state index contributed by atoms with van der Waals surface area (Å²) < 4.78 is 11.0. The van der Waals surface area contributed by atoms with Crippen molar-refractivity contribution in [3.63, 3.8) is 0 Å². The number of piperidine rings is 1. The molecule has 2 aromatic rings. The molecule has 1 aromatic carbocycles. The van der Waals surface area contributed by atoms with Gasteiger partial charge >= 0.3 is 0 Å². The highest BCUT2D eigenvalue weighted by molar-refractivity contribution is 5.79. The summed E-state index contributed by atoms with van der Waals surface area (Å²) >= 11 is 0. The second kappa shape index (κ2) is 8.55. The zero-order valence-corrected chi connectivity index (χ0v) is 15.7. The van der Waals surface area contributed by atoms with Gasteiger partial charge in [0, 0.05) is 24.9 Å². The van der Waals surface area contributed by atoms with E-state index >= 15 is 0 Å². The van der Waals surface area contributed by atoms with E-state index in [1.54, 1.807) is 0 Å². The molecule has 1 saturated carbocycles. The van der Waals surface area contributed by atoms with Gasteiger partial charge in [-0.15, -0.1) is 0 Å². The third kappa shape index (κ3) is 4.49. The van der Waals surface area contributed by atoms with Crippen LogP contribution in [0.25, 0.3) is 0 Å². The van der Waals surface area contributed by atoms with E-state index in [0.29, 0.717) is 24.2 Å². The summed E-state index contributed by atoms with van der Waals surface area (Å²) in [6.45, 7) is 1.82. The summed E-state index contributed by atoms with van der Waals surface area (Å²) in [5.41, 5.74) is 0. The fraction of sp³-hybridized carbons (Fsp3) is 0.571. The molecule has 2 fully saturated rings. The van der Waals surface area contributed by atoms with E-state index in [1.165, 1.54) is 19.3 Å². The van der Waals surface area contributed by atoms with E-state index in [9.17, 15) is 4.79 Å². The van der Waals surface area contributed by atoms with Gasteiger partial charge in [-0.2, -0.15) is 4.98 Å². The summed E-state index contributed by atoms with van der Waals surface area (Å²) in [6, 6.07) is 9.59. The number of aromatic nitrogens is 2. The minimum absolute atomic E-state index is 0.153. The Labute approximate surface area is 159 Å². The van der Waals surface area contributed by atoms with Crippen molar-refractivity contribution < 1.29 is 14.1 Å². The maximum absolute atomic E-state index is 12.8. The van der Waals surface area contributed by atoms with Gasteiger partial charge in [-0.3, -0.25) is 4.79 Å². The fourth-order valence-corrected chi connectivity index (χ4v) is 4.15. The number of hydrogen-bond acceptors (Lipinski definition) is 5. The molecule has 27 heavy (non-hydrogen) atoms. The van der Waals surface area contributed by atoms with E-state index in [4.69, 9.17) is 9.26 Å². The number of benzene rings is 1. The van der Waals surface area contributed by atoms with Gasteiger partial charge in [0.25, 0.3) is 5.89 Å². The van der Waals surface area contributed by atoms with Gasteiger partial charge in [-0.1, -0.05) is 42.6 Å². The Kier molecular flexibility index (Phi) is 5.70. The van der Waals surface area contributed by atoms with Crippen molar-refractivity contribution in [2.75, 3.05) is 13.1 Å². The van der Waals surface area contributed by atoms with Crippen LogP contribution in [0.5, 0.6) is 5.75 Å². The first-order valence-corrected chi connectivity index (χ1v) is 10.1. The smallest absolute Gasteiger partial charge is 0.264 e. The quantitative estimate of drug-likeness (QED) is 0.799. The van der Waals surface area contributed by atoms with Crippen LogP contribution in [0, 0.1) is 5.92 Å². The van der Waals surface area contributed by atoms with E-state index < -0.39 is 0 Å². The average Bonchev–Trinajstić information content (AvgIpc) is 3.22. The van der Waals surface area contributed by atoms with Gasteiger partial charge in [0.15, 0.2) is 12.4 Å². The number of likely N-dealkylation sites (tertiary alicyclic amines) is 1. The highest BCUT2D eigenvalue weighted by Gasteiger charge is 2.32. The molecule has 0 N–H and O–H groups in total. The summed E-state index contributed by atoms with van der Waals surface area (Å²) in [4.78, 5) is 19.4. The van der Waals surface area contributed by atoms with Crippen molar-refractivity contribution in [3.05, 3.63) is 42.0 Å². The first-order chi connectivity index (χ1) is 13.3. The molecule has 4 rings (SSSR count). The SMILES string of the molecule is O=C(C1CCCCC1)N1CCCC(c2noc(COc3ccccc3)n2)C1. The van der Waals surface area contributed by atoms with Crippen molar-refractivity contribution in [1.29, 1.82) is 0 Å². The Morgan fingerprint density at radius 3 is 2.74 bits per heavy atom. The van der Waals surface area contributed by atoms with Gasteiger partial charge in [-0.25, -0.2) is 0 Å². The molecule has 2 aliphatic rings. The van der Waals surface area contributed by atoms with Crippen molar-refractivity contribution in [3.8, 4) is 5.75 Å². The highest BCUT2D eigenvalue weighted by atomic mass is 16.5. The van der Waals surface area contributed by atoms with Crippen LogP contribution in [0.3, 0.4) is 0 Å². The number of rotatable bonds is 5. The van der Waals surface area contributed by atoms with Crippen LogP contribution in [0.1, 0.15) is 62.6 Å². The minimum Gasteiger partial charge on any atom is -0.484 e. The lowest BCUT2D eigenvalue weighted by molar-refractivity contribution is -0.137. The summed E-state index contributed by atoms with van der Waals surface area (Å²) in [5, 5.41) is 4.15. The second-order valence-electron chi connectivity index (χ2n) is 7.61. The highest BCUT2D eigenvalue weighted by Crippen LogP contribution is 2.30. The molecular weight excluding hydrogens is 342 g/mol. The van der Waals surface area contributed by atoms with Crippen molar-refractivity contribution >= 4 is 5.91 Å². The standard InChI is InChI=1S/C21H27N3O3/c25-21(16-8-3-1-4-9-16)24-13-7-10-17(14-24)20-22-19(27-23-20)15-26-18-11-5-2-6-12-18/h2,5-6,11-12,16-17H,1,3-4,7-10,13-15H2. The minimum atomic E-state index is 0.153.